The number of hydrogen-bond donors (Lipinski definition) is 2. The number of aliphatic carboxylic acids is 1. The first-order valence-electron chi connectivity index (χ1n) is 5.80. The van der Waals surface area contributed by atoms with Crippen molar-refractivity contribution in [3.63, 3.8) is 0 Å². The van der Waals surface area contributed by atoms with Crippen molar-refractivity contribution in [2.75, 3.05) is 0 Å². The fourth-order valence-electron chi connectivity index (χ4n) is 1.44. The number of carbonyl (C=O) groups is 2. The monoisotopic (exact) mass is 251 g/mol. The Morgan fingerprint density at radius 3 is 2.56 bits per heavy atom. The summed E-state index contributed by atoms with van der Waals surface area (Å²) in [4.78, 5) is 22.0. The predicted octanol–water partition coefficient (Wildman–Crippen LogP) is 2.17. The third kappa shape index (κ3) is 5.34. The Bertz CT molecular complexity index is 391. The number of carboxylic acids is 1. The fourth-order valence-corrected chi connectivity index (χ4v) is 1.44. The van der Waals surface area contributed by atoms with E-state index < -0.39 is 18.1 Å². The largest absolute Gasteiger partial charge is 0.481 e. The van der Waals surface area contributed by atoms with E-state index in [4.69, 9.17) is 9.84 Å². The van der Waals surface area contributed by atoms with Gasteiger partial charge in [-0.2, -0.15) is 0 Å². The van der Waals surface area contributed by atoms with Gasteiger partial charge >= 0.3 is 12.1 Å². The average Bonchev–Trinajstić information content (AvgIpc) is 2.36. The van der Waals surface area contributed by atoms with Crippen LogP contribution in [-0.2, 0) is 16.1 Å². The van der Waals surface area contributed by atoms with Crippen molar-refractivity contribution in [2.45, 2.75) is 32.4 Å². The Hall–Kier alpha value is -2.04. The topological polar surface area (TPSA) is 75.6 Å². The summed E-state index contributed by atoms with van der Waals surface area (Å²) in [7, 11) is 0. The molecule has 0 aliphatic carbocycles. The molecule has 0 bridgehead atoms. The summed E-state index contributed by atoms with van der Waals surface area (Å²) >= 11 is 0. The first-order valence-corrected chi connectivity index (χ1v) is 5.80. The van der Waals surface area contributed by atoms with E-state index in [0.29, 0.717) is 6.42 Å². The van der Waals surface area contributed by atoms with Crippen molar-refractivity contribution in [1.29, 1.82) is 0 Å². The molecule has 1 atom stereocenters. The third-order valence-corrected chi connectivity index (χ3v) is 2.45. The summed E-state index contributed by atoms with van der Waals surface area (Å²) in [6, 6.07) is 8.89. The Kier molecular flexibility index (Phi) is 5.70. The highest BCUT2D eigenvalue weighted by Gasteiger charge is 2.14. The van der Waals surface area contributed by atoms with Crippen molar-refractivity contribution < 1.29 is 19.4 Å². The first kappa shape index (κ1) is 14.0. The normalized spacial score (nSPS) is 11.6. The van der Waals surface area contributed by atoms with Crippen molar-refractivity contribution in [3.8, 4) is 0 Å². The van der Waals surface area contributed by atoms with E-state index in [2.05, 4.69) is 5.32 Å². The second-order valence-corrected chi connectivity index (χ2v) is 3.91. The van der Waals surface area contributed by atoms with Crippen LogP contribution in [-0.4, -0.2) is 23.2 Å². The van der Waals surface area contributed by atoms with Gasteiger partial charge in [-0.1, -0.05) is 37.3 Å². The minimum absolute atomic E-state index is 0.100. The van der Waals surface area contributed by atoms with Gasteiger partial charge in [0.15, 0.2) is 0 Å². The molecule has 1 amide bonds. The van der Waals surface area contributed by atoms with E-state index >= 15 is 0 Å². The zero-order valence-electron chi connectivity index (χ0n) is 10.3. The molecule has 5 heteroatoms. The number of rotatable bonds is 6. The van der Waals surface area contributed by atoms with Crippen LogP contribution in [0.15, 0.2) is 30.3 Å². The van der Waals surface area contributed by atoms with Crippen LogP contribution in [0.5, 0.6) is 0 Å². The Morgan fingerprint density at radius 2 is 2.00 bits per heavy atom. The number of hydrogen-bond acceptors (Lipinski definition) is 3. The number of alkyl carbamates (subject to hydrolysis) is 1. The maximum Gasteiger partial charge on any atom is 0.407 e. The highest BCUT2D eigenvalue weighted by atomic mass is 16.5. The van der Waals surface area contributed by atoms with Crippen molar-refractivity contribution in [1.82, 2.24) is 5.32 Å². The zero-order chi connectivity index (χ0) is 13.4. The lowest BCUT2D eigenvalue weighted by molar-refractivity contribution is -0.137. The van der Waals surface area contributed by atoms with Crippen LogP contribution in [0.2, 0.25) is 0 Å². The molecule has 98 valence electrons. The van der Waals surface area contributed by atoms with Crippen LogP contribution in [0.4, 0.5) is 4.79 Å². The number of benzene rings is 1. The standard InChI is InChI=1S/C13H17NO4/c1-2-11(8-12(15)16)14-13(17)18-9-10-6-4-3-5-7-10/h3-7,11H,2,8-9H2,1H3,(H,14,17)(H,15,16)/t11-/m1/s1. The first-order chi connectivity index (χ1) is 8.61. The van der Waals surface area contributed by atoms with Gasteiger partial charge in [0.05, 0.1) is 6.42 Å². The van der Waals surface area contributed by atoms with Crippen LogP contribution < -0.4 is 5.32 Å². The summed E-state index contributed by atoms with van der Waals surface area (Å²) in [6.07, 6.45) is -0.143. The van der Waals surface area contributed by atoms with Gasteiger partial charge < -0.3 is 15.2 Å². The van der Waals surface area contributed by atoms with Gasteiger partial charge in [-0.15, -0.1) is 0 Å². The van der Waals surface area contributed by atoms with Crippen LogP contribution in [0.1, 0.15) is 25.3 Å². The molecule has 0 aliphatic rings. The molecule has 0 aliphatic heterocycles. The van der Waals surface area contributed by atoms with Gasteiger partial charge in [0.25, 0.3) is 0 Å². The van der Waals surface area contributed by atoms with Crippen LogP contribution >= 0.6 is 0 Å². The molecule has 2 N–H and O–H groups in total. The van der Waals surface area contributed by atoms with Gasteiger partial charge in [0, 0.05) is 6.04 Å². The highest BCUT2D eigenvalue weighted by Crippen LogP contribution is 2.02. The van der Waals surface area contributed by atoms with E-state index in [0.717, 1.165) is 5.56 Å². The summed E-state index contributed by atoms with van der Waals surface area (Å²) in [5, 5.41) is 11.2. The fraction of sp³-hybridized carbons (Fsp3) is 0.385. The molecule has 0 aromatic heterocycles. The molecule has 0 spiro atoms. The molecule has 0 heterocycles. The minimum atomic E-state index is -0.940. The average molecular weight is 251 g/mol. The van der Waals surface area contributed by atoms with E-state index in [9.17, 15) is 9.59 Å². The lowest BCUT2D eigenvalue weighted by Gasteiger charge is -2.14. The van der Waals surface area contributed by atoms with Crippen molar-refractivity contribution >= 4 is 12.1 Å². The maximum atomic E-state index is 11.4. The summed E-state index contributed by atoms with van der Waals surface area (Å²) < 4.78 is 5.00. The molecule has 18 heavy (non-hydrogen) atoms. The second kappa shape index (κ2) is 7.32. The van der Waals surface area contributed by atoms with E-state index in [1.807, 2.05) is 37.3 Å². The van der Waals surface area contributed by atoms with Crippen LogP contribution in [0, 0.1) is 0 Å². The quantitative estimate of drug-likeness (QED) is 0.812. The Morgan fingerprint density at radius 1 is 1.33 bits per heavy atom. The number of amides is 1. The number of ether oxygens (including phenoxy) is 1. The molecular formula is C13H17NO4. The molecule has 0 saturated carbocycles. The van der Waals surface area contributed by atoms with E-state index in [1.54, 1.807) is 0 Å². The smallest absolute Gasteiger partial charge is 0.407 e. The van der Waals surface area contributed by atoms with Crippen molar-refractivity contribution in [3.05, 3.63) is 35.9 Å². The molecular weight excluding hydrogens is 234 g/mol. The molecule has 0 radical (unpaired) electrons. The molecule has 0 saturated heterocycles. The third-order valence-electron chi connectivity index (χ3n) is 2.45. The van der Waals surface area contributed by atoms with Crippen molar-refractivity contribution in [2.24, 2.45) is 0 Å². The lowest BCUT2D eigenvalue weighted by atomic mass is 10.1. The van der Waals surface area contributed by atoms with Gasteiger partial charge in [-0.05, 0) is 12.0 Å². The molecule has 0 fully saturated rings. The van der Waals surface area contributed by atoms with Crippen LogP contribution in [0.3, 0.4) is 0 Å². The second-order valence-electron chi connectivity index (χ2n) is 3.91. The zero-order valence-corrected chi connectivity index (χ0v) is 10.3. The number of carbonyl (C=O) groups excluding carboxylic acids is 1. The Balaban J connectivity index is 2.34. The number of nitrogens with one attached hydrogen (secondary N) is 1. The Labute approximate surface area is 106 Å². The number of carboxylic acid groups (broad SMARTS) is 1. The predicted molar refractivity (Wildman–Crippen MR) is 66.1 cm³/mol. The van der Waals surface area contributed by atoms with Gasteiger partial charge in [-0.3, -0.25) is 4.79 Å². The molecule has 5 nitrogen and oxygen atoms in total. The molecule has 1 aromatic rings. The van der Waals surface area contributed by atoms with Gasteiger partial charge in [0.2, 0.25) is 0 Å². The molecule has 1 rings (SSSR count). The molecule has 1 aromatic carbocycles. The minimum Gasteiger partial charge on any atom is -0.481 e. The van der Waals surface area contributed by atoms with E-state index in [1.165, 1.54) is 0 Å². The molecule has 0 unspecified atom stereocenters. The highest BCUT2D eigenvalue weighted by molar-refractivity contribution is 5.71. The summed E-state index contributed by atoms with van der Waals surface area (Å²) in [5.74, 6) is -0.940. The summed E-state index contributed by atoms with van der Waals surface area (Å²) in [6.45, 7) is 1.99. The SMILES string of the molecule is CC[C@H](CC(=O)O)NC(=O)OCc1ccccc1. The van der Waals surface area contributed by atoms with E-state index in [-0.39, 0.29) is 13.0 Å². The summed E-state index contributed by atoms with van der Waals surface area (Å²) in [5.41, 5.74) is 0.888. The van der Waals surface area contributed by atoms with Crippen LogP contribution in [0.25, 0.3) is 0 Å². The van der Waals surface area contributed by atoms with Gasteiger partial charge in [0.1, 0.15) is 6.61 Å². The maximum absolute atomic E-state index is 11.4. The lowest BCUT2D eigenvalue weighted by Crippen LogP contribution is -2.36. The van der Waals surface area contributed by atoms with Gasteiger partial charge in [-0.25, -0.2) is 4.79 Å².